The van der Waals surface area contributed by atoms with E-state index in [1.54, 1.807) is 0 Å². The second-order valence-corrected chi connectivity index (χ2v) is 16.8. The molecule has 0 nitrogen and oxygen atoms in total. The first kappa shape index (κ1) is 32.5. The van der Waals surface area contributed by atoms with Gasteiger partial charge in [0.25, 0.3) is 0 Å². The van der Waals surface area contributed by atoms with Gasteiger partial charge in [-0.05, 0) is 139 Å². The maximum atomic E-state index is 2.59. The average molecular weight is 725 g/mol. The highest BCUT2D eigenvalue weighted by atomic mass is 14.5. The summed E-state index contributed by atoms with van der Waals surface area (Å²) in [5, 5.41) is 15.5. The summed E-state index contributed by atoms with van der Waals surface area (Å²) in [5.41, 5.74) is 10.6. The molecule has 2 unspecified atom stereocenters. The van der Waals surface area contributed by atoms with E-state index in [9.17, 15) is 0 Å². The molecule has 0 saturated carbocycles. The highest BCUT2D eigenvalue weighted by Crippen LogP contribution is 2.57. The maximum Gasteiger partial charge on any atom is 0.0101 e. The third-order valence-electron chi connectivity index (χ3n) is 13.5. The topological polar surface area (TPSA) is 0 Å². The van der Waals surface area contributed by atoms with Crippen LogP contribution < -0.4 is 0 Å². The van der Waals surface area contributed by atoms with Gasteiger partial charge < -0.3 is 0 Å². The van der Waals surface area contributed by atoms with Crippen molar-refractivity contribution in [2.45, 2.75) is 25.2 Å². The third kappa shape index (κ3) is 4.62. The van der Waals surface area contributed by atoms with E-state index < -0.39 is 0 Å². The van der Waals surface area contributed by atoms with Gasteiger partial charge in [0.05, 0.1) is 0 Å². The van der Waals surface area contributed by atoms with E-state index in [0.29, 0.717) is 11.8 Å². The molecule has 0 radical (unpaired) electrons. The van der Waals surface area contributed by atoms with Crippen LogP contribution in [0.5, 0.6) is 0 Å². The molecular weight excluding hydrogens is 685 g/mol. The Balaban J connectivity index is 1.25. The standard InChI is InChI=1S/C57H40/c1-57(2)51-27-15-14-26-47(51)56-42-23-11-10-22-41(42)50(34-52(56)57)55-44-25-13-12-24-43(44)53(36-17-4-3-5-18-36)46-31-29-38(33-49(46)55)48-32-37-19-7-8-20-39(37)45-30-28-35-16-6-9-21-40(35)54(45)48/h3-34,47,51H,1-2H3. The third-order valence-corrected chi connectivity index (χ3v) is 13.5. The van der Waals surface area contributed by atoms with Gasteiger partial charge in [0.1, 0.15) is 0 Å². The monoisotopic (exact) mass is 724 g/mol. The smallest absolute Gasteiger partial charge is 0.0101 e. The molecule has 0 saturated heterocycles. The molecule has 0 heteroatoms. The molecule has 10 aromatic rings. The van der Waals surface area contributed by atoms with Crippen LogP contribution in [0.25, 0.3) is 98.0 Å². The van der Waals surface area contributed by atoms with Crippen LogP contribution in [-0.4, -0.2) is 0 Å². The van der Waals surface area contributed by atoms with Crippen molar-refractivity contribution in [2.24, 2.45) is 5.92 Å². The zero-order valence-electron chi connectivity index (χ0n) is 32.1. The molecule has 0 bridgehead atoms. The number of fused-ring (bicyclic) bond motifs is 12. The average Bonchev–Trinajstić information content (AvgIpc) is 3.50. The van der Waals surface area contributed by atoms with Gasteiger partial charge in [0, 0.05) is 5.92 Å². The van der Waals surface area contributed by atoms with E-state index in [1.807, 2.05) is 0 Å². The highest BCUT2D eigenvalue weighted by Gasteiger charge is 2.45. The Labute approximate surface area is 333 Å². The molecule has 0 spiro atoms. The molecule has 0 amide bonds. The fraction of sp³-hybridized carbons (Fsp3) is 0.0877. The molecule has 2 atom stereocenters. The fourth-order valence-corrected chi connectivity index (χ4v) is 10.9. The summed E-state index contributed by atoms with van der Waals surface area (Å²) in [6.45, 7) is 4.92. The van der Waals surface area contributed by atoms with E-state index in [2.05, 4.69) is 208 Å². The summed E-state index contributed by atoms with van der Waals surface area (Å²) in [6, 6.07) is 64.0. The molecule has 0 N–H and O–H groups in total. The molecule has 0 fully saturated rings. The predicted molar refractivity (Wildman–Crippen MR) is 245 cm³/mol. The summed E-state index contributed by atoms with van der Waals surface area (Å²) in [7, 11) is 0. The lowest BCUT2D eigenvalue weighted by Crippen LogP contribution is -2.24. The minimum Gasteiger partial charge on any atom is -0.0796 e. The Kier molecular flexibility index (Phi) is 6.91. The van der Waals surface area contributed by atoms with Gasteiger partial charge in [-0.15, -0.1) is 0 Å². The van der Waals surface area contributed by atoms with E-state index in [1.165, 1.54) is 109 Å². The molecule has 2 aliphatic rings. The molecular formula is C57H40. The van der Waals surface area contributed by atoms with Crippen LogP contribution in [-0.2, 0) is 5.41 Å². The first-order valence-electron chi connectivity index (χ1n) is 20.4. The van der Waals surface area contributed by atoms with Gasteiger partial charge in [-0.3, -0.25) is 0 Å². The molecule has 0 aliphatic heterocycles. The van der Waals surface area contributed by atoms with Crippen molar-refractivity contribution < 1.29 is 0 Å². The van der Waals surface area contributed by atoms with Crippen LogP contribution in [0.15, 0.2) is 194 Å². The Morgan fingerprint density at radius 3 is 1.81 bits per heavy atom. The number of hydrogen-bond acceptors (Lipinski definition) is 0. The van der Waals surface area contributed by atoms with Crippen LogP contribution in [0.4, 0.5) is 0 Å². The minimum atomic E-state index is -0.0220. The van der Waals surface area contributed by atoms with Crippen LogP contribution in [0.1, 0.15) is 30.9 Å². The second kappa shape index (κ2) is 12.1. The normalized spacial score (nSPS) is 16.9. The largest absolute Gasteiger partial charge is 0.0796 e. The Hall–Kier alpha value is -6.76. The Bertz CT molecular complexity index is 3380. The van der Waals surface area contributed by atoms with Crippen molar-refractivity contribution in [1.29, 1.82) is 0 Å². The molecule has 268 valence electrons. The summed E-state index contributed by atoms with van der Waals surface area (Å²) >= 11 is 0. The summed E-state index contributed by atoms with van der Waals surface area (Å²) in [6.07, 6.45) is 9.39. The number of allylic oxidation sites excluding steroid dienone is 4. The maximum absolute atomic E-state index is 2.59. The van der Waals surface area contributed by atoms with Crippen LogP contribution >= 0.6 is 0 Å². The second-order valence-electron chi connectivity index (χ2n) is 16.8. The van der Waals surface area contributed by atoms with Crippen LogP contribution in [0, 0.1) is 5.92 Å². The number of rotatable bonds is 3. The minimum absolute atomic E-state index is 0.0220. The molecule has 10 aromatic carbocycles. The van der Waals surface area contributed by atoms with Gasteiger partial charge in [-0.25, -0.2) is 0 Å². The molecule has 57 heavy (non-hydrogen) atoms. The van der Waals surface area contributed by atoms with Crippen molar-refractivity contribution >= 4 is 64.6 Å². The summed E-state index contributed by atoms with van der Waals surface area (Å²) in [5.74, 6) is 0.795. The fourth-order valence-electron chi connectivity index (χ4n) is 10.9. The Morgan fingerprint density at radius 1 is 0.386 bits per heavy atom. The van der Waals surface area contributed by atoms with E-state index in [4.69, 9.17) is 0 Å². The van der Waals surface area contributed by atoms with Crippen molar-refractivity contribution in [3.8, 4) is 33.4 Å². The van der Waals surface area contributed by atoms with Gasteiger partial charge in [-0.2, -0.15) is 0 Å². The molecule has 0 heterocycles. The molecule has 12 rings (SSSR count). The quantitative estimate of drug-likeness (QED) is 0.126. The van der Waals surface area contributed by atoms with E-state index in [-0.39, 0.29) is 5.41 Å². The Morgan fingerprint density at radius 2 is 1.00 bits per heavy atom. The lowest BCUT2D eigenvalue weighted by molar-refractivity contribution is 0.394. The molecule has 2 aliphatic carbocycles. The van der Waals surface area contributed by atoms with Crippen molar-refractivity contribution in [1.82, 2.24) is 0 Å². The number of benzene rings is 10. The zero-order valence-corrected chi connectivity index (χ0v) is 32.1. The SMILES string of the molecule is CC1(C)c2cc(-c3c4ccccc4c(-c4ccccc4)c4ccc(-c5cc6ccccc6c6ccc7ccccc7c56)cc34)c3ccccc3c2C2C=CC=CC21. The highest BCUT2D eigenvalue weighted by molar-refractivity contribution is 6.26. The van der Waals surface area contributed by atoms with Gasteiger partial charge >= 0.3 is 0 Å². The van der Waals surface area contributed by atoms with Crippen LogP contribution in [0.3, 0.4) is 0 Å². The number of hydrogen-bond donors (Lipinski definition) is 0. The van der Waals surface area contributed by atoms with Gasteiger partial charge in [0.2, 0.25) is 0 Å². The molecule has 0 aromatic heterocycles. The van der Waals surface area contributed by atoms with E-state index >= 15 is 0 Å². The zero-order chi connectivity index (χ0) is 37.8. The van der Waals surface area contributed by atoms with Crippen molar-refractivity contribution in [3.05, 3.63) is 205 Å². The van der Waals surface area contributed by atoms with Crippen molar-refractivity contribution in [2.75, 3.05) is 0 Å². The summed E-state index contributed by atoms with van der Waals surface area (Å²) < 4.78 is 0. The predicted octanol–water partition coefficient (Wildman–Crippen LogP) is 15.7. The summed E-state index contributed by atoms with van der Waals surface area (Å²) in [4.78, 5) is 0. The van der Waals surface area contributed by atoms with E-state index in [0.717, 1.165) is 0 Å². The van der Waals surface area contributed by atoms with Crippen LogP contribution in [0.2, 0.25) is 0 Å². The first-order valence-corrected chi connectivity index (χ1v) is 20.4. The van der Waals surface area contributed by atoms with Gasteiger partial charge in [-0.1, -0.05) is 190 Å². The van der Waals surface area contributed by atoms with Gasteiger partial charge in [0.15, 0.2) is 0 Å². The lowest BCUT2D eigenvalue weighted by Gasteiger charge is -2.29. The van der Waals surface area contributed by atoms with Crippen molar-refractivity contribution in [3.63, 3.8) is 0 Å². The lowest BCUT2D eigenvalue weighted by atomic mass is 9.74. The first-order chi connectivity index (χ1) is 28.1.